The van der Waals surface area contributed by atoms with Crippen molar-refractivity contribution < 1.29 is 18.3 Å². The number of carbonyl (C=O) groups is 1. The van der Waals surface area contributed by atoms with Gasteiger partial charge in [-0.15, -0.1) is 0 Å². The zero-order valence-electron chi connectivity index (χ0n) is 19.3. The molecule has 0 radical (unpaired) electrons. The fourth-order valence-electron chi connectivity index (χ4n) is 5.16. The summed E-state index contributed by atoms with van der Waals surface area (Å²) in [5.74, 6) is -1.90. The maximum absolute atomic E-state index is 14.7. The van der Waals surface area contributed by atoms with Crippen molar-refractivity contribution in [1.82, 2.24) is 4.57 Å². The number of primary amides is 1. The second kappa shape index (κ2) is 8.75. The number of halogens is 2. The highest BCUT2D eigenvalue weighted by Crippen LogP contribution is 2.50. The minimum atomic E-state index is -1.16. The molecule has 4 rings (SSSR count). The van der Waals surface area contributed by atoms with Crippen LogP contribution in [0.25, 0.3) is 11.1 Å². The minimum Gasteiger partial charge on any atom is -0.367 e. The second-order valence-electron chi connectivity index (χ2n) is 9.90. The lowest BCUT2D eigenvalue weighted by molar-refractivity contribution is -0.144. The van der Waals surface area contributed by atoms with Gasteiger partial charge in [0.1, 0.15) is 11.6 Å². The SMILES string of the molecule is CC(C)(C)[C@H](c1cc(-c2cc(F)ccc2F)cn1Cc1ccccc1)C1(C(N)=O)CCCO1. The first-order chi connectivity index (χ1) is 15.6. The second-order valence-corrected chi connectivity index (χ2v) is 9.90. The molecule has 1 aliphatic heterocycles. The molecule has 1 aromatic heterocycles. The molecule has 2 atom stereocenters. The van der Waals surface area contributed by atoms with E-state index >= 15 is 0 Å². The molecule has 1 fully saturated rings. The third kappa shape index (κ3) is 4.44. The van der Waals surface area contributed by atoms with Gasteiger partial charge < -0.3 is 15.0 Å². The largest absolute Gasteiger partial charge is 0.367 e. The highest BCUT2D eigenvalue weighted by atomic mass is 19.1. The monoisotopic (exact) mass is 452 g/mol. The lowest BCUT2D eigenvalue weighted by Crippen LogP contribution is -2.52. The third-order valence-electron chi connectivity index (χ3n) is 6.46. The van der Waals surface area contributed by atoms with Crippen molar-refractivity contribution in [3.8, 4) is 11.1 Å². The van der Waals surface area contributed by atoms with Gasteiger partial charge in [0, 0.05) is 42.1 Å². The summed E-state index contributed by atoms with van der Waals surface area (Å²) in [7, 11) is 0. The van der Waals surface area contributed by atoms with Crippen LogP contribution in [0, 0.1) is 17.0 Å². The van der Waals surface area contributed by atoms with Gasteiger partial charge in [-0.1, -0.05) is 51.1 Å². The molecular weight excluding hydrogens is 422 g/mol. The van der Waals surface area contributed by atoms with Gasteiger partial charge in [0.25, 0.3) is 0 Å². The van der Waals surface area contributed by atoms with Crippen LogP contribution in [-0.4, -0.2) is 22.7 Å². The first-order valence-electron chi connectivity index (χ1n) is 11.2. The quantitative estimate of drug-likeness (QED) is 0.526. The topological polar surface area (TPSA) is 57.2 Å². The van der Waals surface area contributed by atoms with E-state index in [1.54, 1.807) is 0 Å². The van der Waals surface area contributed by atoms with Crippen LogP contribution in [0.5, 0.6) is 0 Å². The maximum Gasteiger partial charge on any atom is 0.250 e. The number of nitrogens with zero attached hydrogens (tertiary/aromatic N) is 1. The van der Waals surface area contributed by atoms with Crippen molar-refractivity contribution in [1.29, 1.82) is 0 Å². The molecule has 3 aromatic rings. The average Bonchev–Trinajstić information content (AvgIpc) is 3.39. The molecule has 1 saturated heterocycles. The predicted octanol–water partition coefficient (Wildman–Crippen LogP) is 5.65. The Bertz CT molecular complexity index is 1140. The molecule has 0 bridgehead atoms. The van der Waals surface area contributed by atoms with Gasteiger partial charge in [-0.25, -0.2) is 8.78 Å². The number of nitrogens with two attached hydrogens (primary N) is 1. The Hall–Kier alpha value is -2.99. The molecule has 4 nitrogen and oxygen atoms in total. The van der Waals surface area contributed by atoms with Crippen LogP contribution < -0.4 is 5.73 Å². The molecule has 1 unspecified atom stereocenters. The molecule has 33 heavy (non-hydrogen) atoms. The van der Waals surface area contributed by atoms with Crippen molar-refractivity contribution >= 4 is 5.91 Å². The number of rotatable bonds is 6. The summed E-state index contributed by atoms with van der Waals surface area (Å²) in [5, 5.41) is 0. The van der Waals surface area contributed by atoms with E-state index in [2.05, 4.69) is 0 Å². The molecular formula is C27H30F2N2O2. The van der Waals surface area contributed by atoms with E-state index in [1.165, 1.54) is 6.07 Å². The van der Waals surface area contributed by atoms with Gasteiger partial charge in [-0.05, 0) is 48.1 Å². The number of carbonyl (C=O) groups excluding carboxylic acids is 1. The standard InChI is InChI=1S/C27H30F2N2O2/c1-26(2,3)24(27(25(30)32)12-7-13-33-27)23-14-19(21-15-20(28)10-11-22(21)29)17-31(23)16-18-8-5-4-6-9-18/h4-6,8-11,14-15,17,24H,7,12-13,16H2,1-3H3,(H2,30,32)/t24-,27?/m0/s1. The first-order valence-corrected chi connectivity index (χ1v) is 11.2. The summed E-state index contributed by atoms with van der Waals surface area (Å²) in [6.07, 6.45) is 3.08. The smallest absolute Gasteiger partial charge is 0.250 e. The van der Waals surface area contributed by atoms with Crippen LogP contribution in [0.4, 0.5) is 8.78 Å². The normalized spacial score (nSPS) is 19.5. The Morgan fingerprint density at radius 3 is 2.48 bits per heavy atom. The van der Waals surface area contributed by atoms with Crippen molar-refractivity contribution in [3.05, 3.63) is 83.7 Å². The van der Waals surface area contributed by atoms with E-state index in [0.29, 0.717) is 25.1 Å². The van der Waals surface area contributed by atoms with Gasteiger partial charge in [0.05, 0.1) is 0 Å². The van der Waals surface area contributed by atoms with Crippen LogP contribution >= 0.6 is 0 Å². The van der Waals surface area contributed by atoms with Crippen LogP contribution in [0.3, 0.4) is 0 Å². The molecule has 0 saturated carbocycles. The van der Waals surface area contributed by atoms with E-state index in [-0.39, 0.29) is 11.5 Å². The fraction of sp³-hybridized carbons (Fsp3) is 0.370. The fourth-order valence-corrected chi connectivity index (χ4v) is 5.16. The number of amides is 1. The van der Waals surface area contributed by atoms with Crippen molar-refractivity contribution in [2.24, 2.45) is 11.1 Å². The van der Waals surface area contributed by atoms with Crippen molar-refractivity contribution in [2.75, 3.05) is 6.61 Å². The van der Waals surface area contributed by atoms with E-state index in [1.807, 2.05) is 67.9 Å². The maximum atomic E-state index is 14.7. The summed E-state index contributed by atoms with van der Waals surface area (Å²) < 4.78 is 36.8. The molecule has 2 aromatic carbocycles. The van der Waals surface area contributed by atoms with Crippen LogP contribution in [0.2, 0.25) is 0 Å². The van der Waals surface area contributed by atoms with Crippen molar-refractivity contribution in [3.63, 3.8) is 0 Å². The van der Waals surface area contributed by atoms with Gasteiger partial charge in [0.15, 0.2) is 5.60 Å². The summed E-state index contributed by atoms with van der Waals surface area (Å²) in [6.45, 7) is 7.11. The molecule has 1 aliphatic rings. The average molecular weight is 453 g/mol. The lowest BCUT2D eigenvalue weighted by atomic mass is 9.67. The number of benzene rings is 2. The molecule has 6 heteroatoms. The Labute approximate surface area is 193 Å². The van der Waals surface area contributed by atoms with E-state index in [9.17, 15) is 13.6 Å². The molecule has 2 heterocycles. The highest BCUT2D eigenvalue weighted by Gasteiger charge is 2.54. The number of ether oxygens (including phenoxy) is 1. The van der Waals surface area contributed by atoms with Gasteiger partial charge in [-0.2, -0.15) is 0 Å². The lowest BCUT2D eigenvalue weighted by Gasteiger charge is -2.42. The summed E-state index contributed by atoms with van der Waals surface area (Å²) >= 11 is 0. The minimum absolute atomic E-state index is 0.177. The van der Waals surface area contributed by atoms with Gasteiger partial charge in [0.2, 0.25) is 5.91 Å². The summed E-state index contributed by atoms with van der Waals surface area (Å²) in [4.78, 5) is 12.8. The van der Waals surface area contributed by atoms with E-state index < -0.39 is 28.6 Å². The molecule has 174 valence electrons. The Balaban J connectivity index is 1.93. The molecule has 2 N–H and O–H groups in total. The Morgan fingerprint density at radius 2 is 1.88 bits per heavy atom. The number of hydrogen-bond acceptors (Lipinski definition) is 2. The Morgan fingerprint density at radius 1 is 1.15 bits per heavy atom. The molecule has 0 spiro atoms. The van der Waals surface area contributed by atoms with Crippen LogP contribution in [0.15, 0.2) is 60.8 Å². The molecule has 0 aliphatic carbocycles. The van der Waals surface area contributed by atoms with Crippen LogP contribution in [-0.2, 0) is 16.1 Å². The zero-order chi connectivity index (χ0) is 23.8. The van der Waals surface area contributed by atoms with E-state index in [0.717, 1.165) is 29.8 Å². The van der Waals surface area contributed by atoms with Crippen molar-refractivity contribution in [2.45, 2.75) is 51.7 Å². The predicted molar refractivity (Wildman–Crippen MR) is 125 cm³/mol. The van der Waals surface area contributed by atoms with Gasteiger partial charge >= 0.3 is 0 Å². The highest BCUT2D eigenvalue weighted by molar-refractivity contribution is 5.85. The Kier molecular flexibility index (Phi) is 6.14. The van der Waals surface area contributed by atoms with Crippen LogP contribution in [0.1, 0.15) is 50.8 Å². The summed E-state index contributed by atoms with van der Waals surface area (Å²) in [6, 6.07) is 15.2. The number of hydrogen-bond donors (Lipinski definition) is 1. The third-order valence-corrected chi connectivity index (χ3v) is 6.46. The summed E-state index contributed by atoms with van der Waals surface area (Å²) in [5.41, 5.74) is 6.97. The molecule has 1 amide bonds. The zero-order valence-corrected chi connectivity index (χ0v) is 19.3. The van der Waals surface area contributed by atoms with E-state index in [4.69, 9.17) is 10.5 Å². The first kappa shape index (κ1) is 23.2. The number of aromatic nitrogens is 1. The van der Waals surface area contributed by atoms with Gasteiger partial charge in [-0.3, -0.25) is 4.79 Å².